The Hall–Kier alpha value is -0.620. The quantitative estimate of drug-likeness (QED) is 0.712. The maximum Gasteiger partial charge on any atom is 0.303 e. The summed E-state index contributed by atoms with van der Waals surface area (Å²) in [5.41, 5.74) is 0. The van der Waals surface area contributed by atoms with Gasteiger partial charge in [0.15, 0.2) is 9.84 Å². The van der Waals surface area contributed by atoms with Crippen LogP contribution in [-0.2, 0) is 14.6 Å². The van der Waals surface area contributed by atoms with Gasteiger partial charge in [-0.25, -0.2) is 8.42 Å². The summed E-state index contributed by atoms with van der Waals surface area (Å²) < 4.78 is 23.0. The number of carboxylic acid groups (broad SMARTS) is 1. The van der Waals surface area contributed by atoms with Gasteiger partial charge in [-0.1, -0.05) is 0 Å². The number of rotatable bonds is 6. The van der Waals surface area contributed by atoms with Gasteiger partial charge in [0.05, 0.1) is 11.0 Å². The molecule has 0 saturated carbocycles. The third-order valence-electron chi connectivity index (χ3n) is 2.95. The zero-order valence-electron chi connectivity index (χ0n) is 9.48. The van der Waals surface area contributed by atoms with Crippen LogP contribution in [0.4, 0.5) is 0 Å². The Morgan fingerprint density at radius 1 is 1.56 bits per heavy atom. The summed E-state index contributed by atoms with van der Waals surface area (Å²) >= 11 is 0. The van der Waals surface area contributed by atoms with Crippen molar-refractivity contribution < 1.29 is 18.3 Å². The lowest BCUT2D eigenvalue weighted by Crippen LogP contribution is -2.36. The first-order valence-corrected chi connectivity index (χ1v) is 7.30. The van der Waals surface area contributed by atoms with E-state index >= 15 is 0 Å². The maximum atomic E-state index is 11.5. The van der Waals surface area contributed by atoms with E-state index in [9.17, 15) is 13.2 Å². The molecule has 0 aromatic carbocycles. The standard InChI is InChI=1S/C10H19NO4S/c1-8(4-5-10(12)13)11-7-9-3-2-6-16(9,14)15/h8-9,11H,2-7H2,1H3,(H,12,13). The third-order valence-corrected chi connectivity index (χ3v) is 5.22. The van der Waals surface area contributed by atoms with Crippen molar-refractivity contribution in [3.63, 3.8) is 0 Å². The lowest BCUT2D eigenvalue weighted by molar-refractivity contribution is -0.137. The molecular weight excluding hydrogens is 230 g/mol. The molecule has 0 aliphatic carbocycles. The number of hydrogen-bond donors (Lipinski definition) is 2. The van der Waals surface area contributed by atoms with Gasteiger partial charge in [0.2, 0.25) is 0 Å². The molecule has 94 valence electrons. The summed E-state index contributed by atoms with van der Waals surface area (Å²) in [4.78, 5) is 10.3. The van der Waals surface area contributed by atoms with E-state index in [2.05, 4.69) is 5.32 Å². The fourth-order valence-corrected chi connectivity index (χ4v) is 3.64. The molecule has 0 aromatic rings. The van der Waals surface area contributed by atoms with E-state index in [0.717, 1.165) is 12.8 Å². The van der Waals surface area contributed by atoms with E-state index in [1.54, 1.807) is 0 Å². The summed E-state index contributed by atoms with van der Waals surface area (Å²) in [6, 6.07) is 0.0481. The first-order chi connectivity index (χ1) is 7.42. The Morgan fingerprint density at radius 2 is 2.25 bits per heavy atom. The van der Waals surface area contributed by atoms with Crippen molar-refractivity contribution in [2.24, 2.45) is 0 Å². The highest BCUT2D eigenvalue weighted by atomic mass is 32.2. The van der Waals surface area contributed by atoms with Crippen molar-refractivity contribution in [3.05, 3.63) is 0 Å². The molecule has 1 aliphatic heterocycles. The summed E-state index contributed by atoms with van der Waals surface area (Å²) in [6.07, 6.45) is 2.12. The predicted octanol–water partition coefficient (Wildman–Crippen LogP) is 0.407. The molecule has 1 heterocycles. The molecule has 0 radical (unpaired) electrons. The average Bonchev–Trinajstić information content (AvgIpc) is 2.51. The molecule has 2 unspecified atom stereocenters. The third kappa shape index (κ3) is 4.09. The number of hydrogen-bond acceptors (Lipinski definition) is 4. The van der Waals surface area contributed by atoms with Crippen LogP contribution < -0.4 is 5.32 Å². The first kappa shape index (κ1) is 13.4. The van der Waals surface area contributed by atoms with E-state index in [1.807, 2.05) is 6.92 Å². The van der Waals surface area contributed by atoms with Crippen LogP contribution in [0.3, 0.4) is 0 Å². The van der Waals surface area contributed by atoms with Gasteiger partial charge < -0.3 is 10.4 Å². The van der Waals surface area contributed by atoms with Crippen molar-refractivity contribution in [1.29, 1.82) is 0 Å². The van der Waals surface area contributed by atoms with Gasteiger partial charge in [0, 0.05) is 19.0 Å². The SMILES string of the molecule is CC(CCC(=O)O)NCC1CCCS1(=O)=O. The zero-order valence-corrected chi connectivity index (χ0v) is 10.3. The first-order valence-electron chi connectivity index (χ1n) is 5.58. The van der Waals surface area contributed by atoms with Gasteiger partial charge in [-0.15, -0.1) is 0 Å². The van der Waals surface area contributed by atoms with Crippen LogP contribution in [0.1, 0.15) is 32.6 Å². The summed E-state index contributed by atoms with van der Waals surface area (Å²) in [5.74, 6) is -0.523. The second-order valence-electron chi connectivity index (χ2n) is 4.37. The Bertz CT molecular complexity index is 339. The maximum absolute atomic E-state index is 11.5. The van der Waals surface area contributed by atoms with Crippen LogP contribution in [0.15, 0.2) is 0 Å². The second kappa shape index (κ2) is 5.63. The summed E-state index contributed by atoms with van der Waals surface area (Å²) in [6.45, 7) is 2.33. The van der Waals surface area contributed by atoms with Crippen LogP contribution in [0.2, 0.25) is 0 Å². The average molecular weight is 249 g/mol. The molecule has 2 atom stereocenters. The number of carbonyl (C=O) groups is 1. The van der Waals surface area contributed by atoms with Crippen LogP contribution in [-0.4, -0.2) is 43.1 Å². The second-order valence-corrected chi connectivity index (χ2v) is 6.77. The topological polar surface area (TPSA) is 83.5 Å². The van der Waals surface area contributed by atoms with Crippen molar-refractivity contribution in [3.8, 4) is 0 Å². The molecule has 1 rings (SSSR count). The van der Waals surface area contributed by atoms with Crippen LogP contribution >= 0.6 is 0 Å². The zero-order chi connectivity index (χ0) is 12.2. The van der Waals surface area contributed by atoms with Crippen LogP contribution in [0.5, 0.6) is 0 Å². The highest BCUT2D eigenvalue weighted by Gasteiger charge is 2.30. The smallest absolute Gasteiger partial charge is 0.303 e. The summed E-state index contributed by atoms with van der Waals surface area (Å²) in [7, 11) is -2.89. The number of nitrogens with one attached hydrogen (secondary N) is 1. The van der Waals surface area contributed by atoms with Crippen molar-refractivity contribution in [1.82, 2.24) is 5.32 Å². The summed E-state index contributed by atoms with van der Waals surface area (Å²) in [5, 5.41) is 11.3. The van der Waals surface area contributed by atoms with Crippen molar-refractivity contribution >= 4 is 15.8 Å². The molecule has 1 fully saturated rings. The molecule has 0 aromatic heterocycles. The predicted molar refractivity (Wildman–Crippen MR) is 61.1 cm³/mol. The molecule has 1 saturated heterocycles. The molecule has 6 heteroatoms. The highest BCUT2D eigenvalue weighted by Crippen LogP contribution is 2.19. The van der Waals surface area contributed by atoms with Crippen LogP contribution in [0, 0.1) is 0 Å². The minimum Gasteiger partial charge on any atom is -0.481 e. The van der Waals surface area contributed by atoms with Gasteiger partial charge in [-0.3, -0.25) is 4.79 Å². The monoisotopic (exact) mass is 249 g/mol. The Morgan fingerprint density at radius 3 is 2.75 bits per heavy atom. The fourth-order valence-electron chi connectivity index (χ4n) is 1.86. The number of aliphatic carboxylic acids is 1. The number of carboxylic acids is 1. The minimum atomic E-state index is -2.89. The molecule has 0 spiro atoms. The molecule has 5 nitrogen and oxygen atoms in total. The Labute approximate surface area is 96.1 Å². The van der Waals surface area contributed by atoms with E-state index < -0.39 is 15.8 Å². The molecule has 0 amide bonds. The lowest BCUT2D eigenvalue weighted by atomic mass is 10.1. The van der Waals surface area contributed by atoms with Gasteiger partial charge in [-0.05, 0) is 26.2 Å². The van der Waals surface area contributed by atoms with Crippen molar-refractivity contribution in [2.45, 2.75) is 43.9 Å². The number of sulfone groups is 1. The molecule has 16 heavy (non-hydrogen) atoms. The molecule has 1 aliphatic rings. The van der Waals surface area contributed by atoms with E-state index in [4.69, 9.17) is 5.11 Å². The molecular formula is C10H19NO4S. The largest absolute Gasteiger partial charge is 0.481 e. The van der Waals surface area contributed by atoms with E-state index in [1.165, 1.54) is 0 Å². The van der Waals surface area contributed by atoms with E-state index in [0.29, 0.717) is 18.7 Å². The normalized spacial score (nSPS) is 25.4. The van der Waals surface area contributed by atoms with Gasteiger partial charge in [0.1, 0.15) is 0 Å². The minimum absolute atomic E-state index is 0.0481. The Kier molecular flexibility index (Phi) is 4.73. The van der Waals surface area contributed by atoms with Gasteiger partial charge in [-0.2, -0.15) is 0 Å². The highest BCUT2D eigenvalue weighted by molar-refractivity contribution is 7.92. The Balaban J connectivity index is 2.26. The lowest BCUT2D eigenvalue weighted by Gasteiger charge is -2.15. The molecule has 2 N–H and O–H groups in total. The van der Waals surface area contributed by atoms with Gasteiger partial charge >= 0.3 is 5.97 Å². The molecule has 0 bridgehead atoms. The van der Waals surface area contributed by atoms with Crippen molar-refractivity contribution in [2.75, 3.05) is 12.3 Å². The van der Waals surface area contributed by atoms with Crippen LogP contribution in [0.25, 0.3) is 0 Å². The van der Waals surface area contributed by atoms with Gasteiger partial charge in [0.25, 0.3) is 0 Å². The van der Waals surface area contributed by atoms with E-state index in [-0.39, 0.29) is 17.7 Å². The fraction of sp³-hybridized carbons (Fsp3) is 0.900.